The molecule has 0 saturated heterocycles. The van der Waals surface area contributed by atoms with Crippen LogP contribution in [0, 0.1) is 0 Å². The Labute approximate surface area is 280 Å². The molecule has 3 heteroatoms. The van der Waals surface area contributed by atoms with Crippen LogP contribution in [-0.2, 0) is 10.9 Å². The zero-order chi connectivity index (χ0) is 31.6. The van der Waals surface area contributed by atoms with E-state index in [4.69, 9.17) is 0 Å². The summed E-state index contributed by atoms with van der Waals surface area (Å²) in [6.07, 6.45) is 18.7. The number of carboxylic acid groups (broad SMARTS) is 1. The Hall–Kier alpha value is -3.30. The van der Waals surface area contributed by atoms with Gasteiger partial charge in [0, 0.05) is 5.56 Å². The van der Waals surface area contributed by atoms with Crippen molar-refractivity contribution in [2.24, 2.45) is 0 Å². The molecule has 3 fully saturated rings. The number of hydrogen-bond acceptors (Lipinski definition) is 2. The highest BCUT2D eigenvalue weighted by molar-refractivity contribution is 7.97. The molecule has 4 aromatic carbocycles. The maximum Gasteiger partial charge on any atom is 0.166 e. The van der Waals surface area contributed by atoms with Crippen molar-refractivity contribution in [3.05, 3.63) is 125 Å². The van der Waals surface area contributed by atoms with Crippen LogP contribution in [0.1, 0.15) is 141 Å². The molecule has 0 N–H and O–H groups in total. The molecule has 0 heterocycles. The molecule has 0 amide bonds. The minimum Gasteiger partial charge on any atom is -0.545 e. The van der Waals surface area contributed by atoms with Crippen LogP contribution in [0.25, 0.3) is 0 Å². The van der Waals surface area contributed by atoms with E-state index in [1.54, 1.807) is 0 Å². The third-order valence-electron chi connectivity index (χ3n) is 10.5. The molecule has 46 heavy (non-hydrogen) atoms. The van der Waals surface area contributed by atoms with E-state index in [1.165, 1.54) is 90.9 Å². The van der Waals surface area contributed by atoms with Gasteiger partial charge < -0.3 is 9.90 Å². The number of hydrogen-bond donors (Lipinski definition) is 0. The zero-order valence-corrected chi connectivity index (χ0v) is 28.2. The van der Waals surface area contributed by atoms with Gasteiger partial charge in [-0.2, -0.15) is 0 Å². The maximum atomic E-state index is 12.3. The van der Waals surface area contributed by atoms with Crippen molar-refractivity contribution in [3.8, 4) is 0 Å². The lowest BCUT2D eigenvalue weighted by Gasteiger charge is -2.32. The summed E-state index contributed by atoms with van der Waals surface area (Å²) in [4.78, 5) is 16.4. The van der Waals surface area contributed by atoms with Gasteiger partial charge in [0.15, 0.2) is 14.7 Å². The van der Waals surface area contributed by atoms with Crippen LogP contribution in [0.4, 0.5) is 0 Å². The Kier molecular flexibility index (Phi) is 11.7. The molecule has 0 radical (unpaired) electrons. The van der Waals surface area contributed by atoms with Crippen molar-refractivity contribution in [2.45, 2.75) is 129 Å². The summed E-state index contributed by atoms with van der Waals surface area (Å²) < 4.78 is 0. The normalized spacial score (nSPS) is 18.1. The minimum absolute atomic E-state index is 0.0146. The van der Waals surface area contributed by atoms with E-state index in [0.717, 1.165) is 36.8 Å². The van der Waals surface area contributed by atoms with Crippen molar-refractivity contribution in [1.29, 1.82) is 0 Å². The summed E-state index contributed by atoms with van der Waals surface area (Å²) in [5.41, 5.74) is 4.31. The Morgan fingerprint density at radius 2 is 0.804 bits per heavy atom. The van der Waals surface area contributed by atoms with E-state index in [2.05, 4.69) is 103 Å². The molecule has 240 valence electrons. The first-order valence-corrected chi connectivity index (χ1v) is 19.2. The lowest BCUT2D eigenvalue weighted by molar-refractivity contribution is -0.255. The van der Waals surface area contributed by atoms with Crippen molar-refractivity contribution in [2.75, 3.05) is 0 Å². The summed E-state index contributed by atoms with van der Waals surface area (Å²) in [6.45, 7) is 0. The van der Waals surface area contributed by atoms with Crippen molar-refractivity contribution in [1.82, 2.24) is 0 Å². The molecule has 3 aliphatic carbocycles. The number of carboxylic acids is 1. The van der Waals surface area contributed by atoms with Crippen LogP contribution in [0.15, 0.2) is 118 Å². The molecular weight excluding hydrogens is 581 g/mol. The number of aromatic carboxylic acids is 1. The van der Waals surface area contributed by atoms with Gasteiger partial charge in [-0.15, -0.1) is 0 Å². The van der Waals surface area contributed by atoms with E-state index in [1.807, 2.05) is 0 Å². The first kappa shape index (κ1) is 32.6. The molecule has 3 saturated carbocycles. The zero-order valence-electron chi connectivity index (χ0n) is 27.4. The molecule has 4 aromatic rings. The van der Waals surface area contributed by atoms with Crippen LogP contribution in [0.2, 0.25) is 0 Å². The van der Waals surface area contributed by atoms with E-state index in [0.29, 0.717) is 23.3 Å². The van der Waals surface area contributed by atoms with Gasteiger partial charge in [-0.3, -0.25) is 0 Å². The molecule has 0 atom stereocenters. The number of carbonyl (C=O) groups excluding carboxylic acids is 1. The fourth-order valence-electron chi connectivity index (χ4n) is 8.17. The highest BCUT2D eigenvalue weighted by Crippen LogP contribution is 2.44. The van der Waals surface area contributed by atoms with Gasteiger partial charge in [-0.05, 0) is 109 Å². The standard InChI is InChI=1S/C25H36O2.C18H15S/c26-25(27)24-22(19-12-6-2-7-13-19)16-21(18-10-4-1-5-11-18)17-23(24)20-14-8-3-9-15-20;1-4-10-16(11-5-1)19(17-12-6-2-7-13-17)18-14-8-3-9-15-18/h16-20H,1-15H2,(H,26,27);1-15H/q;+1/p-1. The Bertz CT molecular complexity index is 1370. The first-order valence-electron chi connectivity index (χ1n) is 18.0. The first-order chi connectivity index (χ1) is 22.7. The van der Waals surface area contributed by atoms with Gasteiger partial charge in [-0.1, -0.05) is 125 Å². The second-order valence-electron chi connectivity index (χ2n) is 13.6. The Morgan fingerprint density at radius 1 is 0.478 bits per heavy atom. The van der Waals surface area contributed by atoms with Gasteiger partial charge in [-0.25, -0.2) is 0 Å². The topological polar surface area (TPSA) is 40.1 Å². The highest BCUT2D eigenvalue weighted by atomic mass is 32.2. The molecule has 0 unspecified atom stereocenters. The summed E-state index contributed by atoms with van der Waals surface area (Å²) in [6, 6.07) is 36.8. The van der Waals surface area contributed by atoms with Gasteiger partial charge in [0.05, 0.1) is 16.9 Å². The van der Waals surface area contributed by atoms with E-state index >= 15 is 0 Å². The maximum absolute atomic E-state index is 12.3. The molecule has 0 spiro atoms. The van der Waals surface area contributed by atoms with E-state index in [9.17, 15) is 9.90 Å². The summed E-state index contributed by atoms with van der Waals surface area (Å²) in [7, 11) is -0.0146. The average molecular weight is 631 g/mol. The predicted molar refractivity (Wildman–Crippen MR) is 190 cm³/mol. The SMILES string of the molecule is O=C([O-])c1c(C2CCCCC2)cc(C2CCCCC2)cc1C1CCCCC1.c1ccc([S+](c2ccccc2)c2ccccc2)cc1. The minimum atomic E-state index is -0.925. The van der Waals surface area contributed by atoms with Crippen LogP contribution < -0.4 is 5.11 Å². The fraction of sp³-hybridized carbons (Fsp3) is 0.419. The van der Waals surface area contributed by atoms with E-state index in [-0.39, 0.29) is 10.9 Å². The summed E-state index contributed by atoms with van der Waals surface area (Å²) >= 11 is 0. The molecule has 0 bridgehead atoms. The molecule has 2 nitrogen and oxygen atoms in total. The van der Waals surface area contributed by atoms with Crippen molar-refractivity contribution < 1.29 is 9.90 Å². The highest BCUT2D eigenvalue weighted by Gasteiger charge is 2.29. The van der Waals surface area contributed by atoms with Gasteiger partial charge >= 0.3 is 0 Å². The lowest BCUT2D eigenvalue weighted by atomic mass is 9.73. The van der Waals surface area contributed by atoms with Gasteiger partial charge in [0.2, 0.25) is 0 Å². The molecule has 7 rings (SSSR count). The van der Waals surface area contributed by atoms with Crippen LogP contribution in [-0.4, -0.2) is 5.97 Å². The second kappa shape index (κ2) is 16.5. The quantitative estimate of drug-likeness (QED) is 0.191. The second-order valence-corrected chi connectivity index (χ2v) is 15.6. The molecule has 0 aromatic heterocycles. The van der Waals surface area contributed by atoms with E-state index < -0.39 is 5.97 Å². The van der Waals surface area contributed by atoms with Crippen molar-refractivity contribution >= 4 is 16.9 Å². The van der Waals surface area contributed by atoms with Gasteiger partial charge in [0.1, 0.15) is 0 Å². The van der Waals surface area contributed by atoms with Crippen molar-refractivity contribution in [3.63, 3.8) is 0 Å². The Morgan fingerprint density at radius 3 is 1.13 bits per heavy atom. The number of benzene rings is 4. The van der Waals surface area contributed by atoms with Crippen LogP contribution in [0.3, 0.4) is 0 Å². The monoisotopic (exact) mass is 630 g/mol. The third-order valence-corrected chi connectivity index (χ3v) is 12.8. The number of rotatable bonds is 7. The number of carbonyl (C=O) groups is 1. The third kappa shape index (κ3) is 8.15. The predicted octanol–water partition coefficient (Wildman–Crippen LogP) is 11.0. The average Bonchev–Trinajstić information content (AvgIpc) is 3.14. The summed E-state index contributed by atoms with van der Waals surface area (Å²) in [5.74, 6) is 0.570. The fourth-order valence-corrected chi connectivity index (χ4v) is 10.3. The largest absolute Gasteiger partial charge is 0.545 e. The van der Waals surface area contributed by atoms with Crippen LogP contribution >= 0.6 is 0 Å². The molecule has 3 aliphatic rings. The Balaban J connectivity index is 0.000000172. The lowest BCUT2D eigenvalue weighted by Crippen LogP contribution is -2.28. The van der Waals surface area contributed by atoms with Gasteiger partial charge in [0.25, 0.3) is 0 Å². The van der Waals surface area contributed by atoms with Crippen LogP contribution in [0.5, 0.6) is 0 Å². The smallest absolute Gasteiger partial charge is 0.166 e. The summed E-state index contributed by atoms with van der Waals surface area (Å²) in [5, 5.41) is 12.3. The molecule has 0 aliphatic heterocycles. The molecular formula is C43H50O2S.